The van der Waals surface area contributed by atoms with E-state index in [2.05, 4.69) is 5.32 Å². The molecule has 0 spiro atoms. The molecule has 154 valence electrons. The summed E-state index contributed by atoms with van der Waals surface area (Å²) in [7, 11) is 0. The highest BCUT2D eigenvalue weighted by Gasteiger charge is 2.65. The molecule has 0 aliphatic carbocycles. The summed E-state index contributed by atoms with van der Waals surface area (Å²) in [5.41, 5.74) is -4.08. The zero-order valence-corrected chi connectivity index (χ0v) is 16.6. The van der Waals surface area contributed by atoms with E-state index in [0.717, 1.165) is 23.9 Å². The van der Waals surface area contributed by atoms with Gasteiger partial charge in [0.05, 0.1) is 0 Å². The maximum Gasteiger partial charge on any atom is 0.400 e. The Balaban J connectivity index is 2.00. The number of nitrogens with one attached hydrogen (secondary N) is 1. The van der Waals surface area contributed by atoms with E-state index in [9.17, 15) is 22.8 Å². The first-order valence-corrected chi connectivity index (χ1v) is 9.14. The van der Waals surface area contributed by atoms with Crippen LogP contribution in [0.2, 0.25) is 0 Å². The summed E-state index contributed by atoms with van der Waals surface area (Å²) in [4.78, 5) is 25.5. The highest BCUT2D eigenvalue weighted by Crippen LogP contribution is 2.50. The fourth-order valence-electron chi connectivity index (χ4n) is 3.41. The molecule has 4 nitrogen and oxygen atoms in total. The lowest BCUT2D eigenvalue weighted by atomic mass is 9.74. The summed E-state index contributed by atoms with van der Waals surface area (Å²) in [5, 5.41) is 4.04. The summed E-state index contributed by atoms with van der Waals surface area (Å²) in [5.74, 6) is -1.84. The number of esters is 1. The van der Waals surface area contributed by atoms with Crippen LogP contribution in [0.1, 0.15) is 38.1 Å². The van der Waals surface area contributed by atoms with Gasteiger partial charge >= 0.3 is 12.1 Å². The first kappa shape index (κ1) is 20.9. The van der Waals surface area contributed by atoms with E-state index in [1.165, 1.54) is 6.07 Å². The molecule has 0 radical (unpaired) electrons. The van der Waals surface area contributed by atoms with Crippen molar-refractivity contribution in [2.45, 2.75) is 45.5 Å². The Kier molecular flexibility index (Phi) is 4.97. The van der Waals surface area contributed by atoms with Crippen molar-refractivity contribution < 1.29 is 27.5 Å². The van der Waals surface area contributed by atoms with E-state index < -0.39 is 40.6 Å². The number of ketones is 1. The molecule has 2 aromatic carbocycles. The second kappa shape index (κ2) is 6.90. The minimum absolute atomic E-state index is 0.122. The molecule has 0 aromatic heterocycles. The van der Waals surface area contributed by atoms with Crippen LogP contribution >= 0.6 is 0 Å². The van der Waals surface area contributed by atoms with Crippen LogP contribution in [-0.4, -0.2) is 29.6 Å². The van der Waals surface area contributed by atoms with Gasteiger partial charge in [-0.3, -0.25) is 4.79 Å². The van der Waals surface area contributed by atoms with Gasteiger partial charge in [-0.2, -0.15) is 13.2 Å². The molecule has 1 N–H and O–H groups in total. The maximum atomic E-state index is 14.1. The van der Waals surface area contributed by atoms with Gasteiger partial charge in [-0.1, -0.05) is 36.4 Å². The highest BCUT2D eigenvalue weighted by molar-refractivity contribution is 6.12. The highest BCUT2D eigenvalue weighted by atomic mass is 19.4. The van der Waals surface area contributed by atoms with Gasteiger partial charge in [0, 0.05) is 17.3 Å². The number of carbonyl (C=O) groups is 2. The Bertz CT molecular complexity index is 1000. The number of rotatable bonds is 3. The number of halogens is 3. The van der Waals surface area contributed by atoms with E-state index in [1.54, 1.807) is 45.0 Å². The first-order valence-electron chi connectivity index (χ1n) is 9.14. The van der Waals surface area contributed by atoms with Crippen LogP contribution in [0.15, 0.2) is 54.2 Å². The second-order valence-electron chi connectivity index (χ2n) is 8.28. The number of carbonyl (C=O) groups excluding carboxylic acids is 2. The van der Waals surface area contributed by atoms with E-state index >= 15 is 0 Å². The molecular weight excluding hydrogens is 383 g/mol. The summed E-state index contributed by atoms with van der Waals surface area (Å²) in [6.45, 7) is 5.56. The van der Waals surface area contributed by atoms with Gasteiger partial charge in [-0.05, 0) is 44.5 Å². The first-order chi connectivity index (χ1) is 13.3. The number of Topliss-reactive ketones (excluding diaryl/α,β-unsaturated/α-hetero) is 1. The molecule has 29 heavy (non-hydrogen) atoms. The van der Waals surface area contributed by atoms with Crippen LogP contribution in [0.25, 0.3) is 10.8 Å². The van der Waals surface area contributed by atoms with Crippen LogP contribution in [0, 0.1) is 5.41 Å². The van der Waals surface area contributed by atoms with Crippen LogP contribution in [0.3, 0.4) is 0 Å². The smallest absolute Gasteiger partial charge is 0.400 e. The number of hydrogen-bond donors (Lipinski definition) is 1. The molecule has 0 saturated carbocycles. The van der Waals surface area contributed by atoms with Gasteiger partial charge in [-0.15, -0.1) is 0 Å². The monoisotopic (exact) mass is 405 g/mol. The van der Waals surface area contributed by atoms with Crippen LogP contribution in [0.4, 0.5) is 13.2 Å². The van der Waals surface area contributed by atoms with Crippen LogP contribution in [0.5, 0.6) is 0 Å². The van der Waals surface area contributed by atoms with Crippen molar-refractivity contribution in [1.82, 2.24) is 5.32 Å². The Morgan fingerprint density at radius 1 is 1.03 bits per heavy atom. The maximum absolute atomic E-state index is 14.1. The minimum atomic E-state index is -4.85. The average molecular weight is 405 g/mol. The molecule has 2 aromatic rings. The van der Waals surface area contributed by atoms with E-state index in [0.29, 0.717) is 0 Å². The molecule has 0 unspecified atom stereocenters. The molecular formula is C22H22F3NO3. The fourth-order valence-corrected chi connectivity index (χ4v) is 3.41. The number of hydrogen-bond acceptors (Lipinski definition) is 4. The molecule has 1 heterocycles. The third-order valence-electron chi connectivity index (χ3n) is 5.02. The Morgan fingerprint density at radius 2 is 1.66 bits per heavy atom. The van der Waals surface area contributed by atoms with Crippen molar-refractivity contribution in [2.75, 3.05) is 0 Å². The van der Waals surface area contributed by atoms with E-state index in [1.807, 2.05) is 12.1 Å². The Labute approximate surface area is 166 Å². The number of ether oxygens (including phenoxy) is 1. The van der Waals surface area contributed by atoms with Crippen molar-refractivity contribution in [3.8, 4) is 0 Å². The summed E-state index contributed by atoms with van der Waals surface area (Å²) >= 11 is 0. The molecule has 0 fully saturated rings. The Morgan fingerprint density at radius 3 is 2.24 bits per heavy atom. The van der Waals surface area contributed by atoms with Crippen molar-refractivity contribution in [3.05, 3.63) is 59.8 Å². The fraction of sp³-hybridized carbons (Fsp3) is 0.364. The second-order valence-corrected chi connectivity index (χ2v) is 8.28. The van der Waals surface area contributed by atoms with E-state index in [-0.39, 0.29) is 5.56 Å². The van der Waals surface area contributed by atoms with Crippen molar-refractivity contribution in [3.63, 3.8) is 0 Å². The van der Waals surface area contributed by atoms with E-state index in [4.69, 9.17) is 4.74 Å². The molecule has 7 heteroatoms. The lowest BCUT2D eigenvalue weighted by Crippen LogP contribution is -2.54. The Hall–Kier alpha value is -2.83. The standard InChI is InChI=1S/C22H22F3NO3/c1-20(2,3)29-19(28)18-21(4,22(23,24)25)16(12-26-18)17(27)15-10-9-13-7-5-6-8-14(13)11-15/h5-12,18,26H,1-4H3/t18-,21+/m1/s1. The molecule has 0 bridgehead atoms. The third kappa shape index (κ3) is 3.73. The summed E-state index contributed by atoms with van der Waals surface area (Å²) < 4.78 is 47.5. The molecule has 0 amide bonds. The van der Waals surface area contributed by atoms with Gasteiger partial charge < -0.3 is 10.1 Å². The molecule has 0 saturated heterocycles. The van der Waals surface area contributed by atoms with Crippen LogP contribution < -0.4 is 5.32 Å². The van der Waals surface area contributed by atoms with Gasteiger partial charge in [0.2, 0.25) is 0 Å². The zero-order valence-electron chi connectivity index (χ0n) is 16.6. The molecule has 1 aliphatic heterocycles. The quantitative estimate of drug-likeness (QED) is 0.589. The number of benzene rings is 2. The average Bonchev–Trinajstić information content (AvgIpc) is 2.98. The van der Waals surface area contributed by atoms with Gasteiger partial charge in [0.15, 0.2) is 5.78 Å². The summed E-state index contributed by atoms with van der Waals surface area (Å²) in [6.07, 6.45) is -3.87. The van der Waals surface area contributed by atoms with Crippen molar-refractivity contribution in [2.24, 2.45) is 5.41 Å². The van der Waals surface area contributed by atoms with Gasteiger partial charge in [-0.25, -0.2) is 4.79 Å². The third-order valence-corrected chi connectivity index (χ3v) is 5.02. The van der Waals surface area contributed by atoms with Crippen molar-refractivity contribution in [1.29, 1.82) is 0 Å². The van der Waals surface area contributed by atoms with Gasteiger partial charge in [0.25, 0.3) is 0 Å². The predicted molar refractivity (Wildman–Crippen MR) is 103 cm³/mol. The molecule has 2 atom stereocenters. The lowest BCUT2D eigenvalue weighted by Gasteiger charge is -2.35. The lowest BCUT2D eigenvalue weighted by molar-refractivity contribution is -0.215. The van der Waals surface area contributed by atoms with Crippen molar-refractivity contribution >= 4 is 22.5 Å². The minimum Gasteiger partial charge on any atom is -0.458 e. The predicted octanol–water partition coefficient (Wildman–Crippen LogP) is 4.79. The number of fused-ring (bicyclic) bond motifs is 1. The van der Waals surface area contributed by atoms with Crippen LogP contribution in [-0.2, 0) is 9.53 Å². The zero-order chi connectivity index (χ0) is 21.6. The normalized spacial score (nSPS) is 22.2. The van der Waals surface area contributed by atoms with Gasteiger partial charge in [0.1, 0.15) is 17.1 Å². The summed E-state index contributed by atoms with van der Waals surface area (Å²) in [6, 6.07) is 10.2. The molecule has 3 rings (SSSR count). The number of alkyl halides is 3. The topological polar surface area (TPSA) is 55.4 Å². The largest absolute Gasteiger partial charge is 0.458 e. The molecule has 1 aliphatic rings. The SMILES string of the molecule is CC(C)(C)OC(=O)[C@H]1NC=C(C(=O)c2ccc3ccccc3c2)[C@]1(C)C(F)(F)F.